The molecule has 2 unspecified atom stereocenters. The summed E-state index contributed by atoms with van der Waals surface area (Å²) >= 11 is 0. The summed E-state index contributed by atoms with van der Waals surface area (Å²) in [6.45, 7) is 8.27. The molecule has 0 heterocycles. The summed E-state index contributed by atoms with van der Waals surface area (Å²) in [4.78, 5) is 24.9. The molecule has 1 N–H and O–H groups in total. The van der Waals surface area contributed by atoms with E-state index in [9.17, 15) is 14.7 Å². The van der Waals surface area contributed by atoms with Gasteiger partial charge in [-0.3, -0.25) is 9.59 Å². The topological polar surface area (TPSA) is 82.1 Å². The summed E-state index contributed by atoms with van der Waals surface area (Å²) in [5.41, 5.74) is 1.47. The Morgan fingerprint density at radius 3 is 2.14 bits per heavy atom. The summed E-state index contributed by atoms with van der Waals surface area (Å²) in [5.74, 6) is 0.416. The van der Waals surface area contributed by atoms with E-state index in [0.29, 0.717) is 19.6 Å². The zero-order valence-corrected chi connectivity index (χ0v) is 21.7. The van der Waals surface area contributed by atoms with Gasteiger partial charge in [-0.05, 0) is 36.6 Å². The van der Waals surface area contributed by atoms with E-state index in [0.717, 1.165) is 16.9 Å². The van der Waals surface area contributed by atoms with Gasteiger partial charge in [0.25, 0.3) is 0 Å². The molecule has 2 aromatic rings. The first-order chi connectivity index (χ1) is 16.6. The third kappa shape index (κ3) is 9.92. The molecular formula is C29H40O6. The SMILES string of the molecule is CCC(C)(C)C(=O)CC(=O)CC(O)CC(OCc1ccc(OC)cc1)[C@H](C)OCc1ccccc1. The largest absolute Gasteiger partial charge is 0.497 e. The quantitative estimate of drug-likeness (QED) is 0.326. The van der Waals surface area contributed by atoms with Gasteiger partial charge in [-0.25, -0.2) is 0 Å². The van der Waals surface area contributed by atoms with Crippen LogP contribution in [0.15, 0.2) is 54.6 Å². The van der Waals surface area contributed by atoms with E-state index in [1.165, 1.54) is 0 Å². The molecule has 0 saturated heterocycles. The van der Waals surface area contributed by atoms with Crippen LogP contribution in [0.3, 0.4) is 0 Å². The monoisotopic (exact) mass is 484 g/mol. The van der Waals surface area contributed by atoms with E-state index >= 15 is 0 Å². The highest BCUT2D eigenvalue weighted by Crippen LogP contribution is 2.24. The fraction of sp³-hybridized carbons (Fsp3) is 0.517. The number of aliphatic hydroxyl groups excluding tert-OH is 1. The van der Waals surface area contributed by atoms with Gasteiger partial charge in [-0.2, -0.15) is 0 Å². The average Bonchev–Trinajstić information content (AvgIpc) is 2.85. The van der Waals surface area contributed by atoms with Crippen LogP contribution < -0.4 is 4.74 Å². The lowest BCUT2D eigenvalue weighted by molar-refractivity contribution is -0.133. The van der Waals surface area contributed by atoms with Crippen molar-refractivity contribution >= 4 is 11.6 Å². The predicted octanol–water partition coefficient (Wildman–Crippen LogP) is 5.29. The maximum Gasteiger partial charge on any atom is 0.145 e. The number of carbonyl (C=O) groups excluding carboxylic acids is 2. The van der Waals surface area contributed by atoms with Crippen molar-refractivity contribution < 1.29 is 28.9 Å². The fourth-order valence-corrected chi connectivity index (χ4v) is 3.53. The molecule has 2 aromatic carbocycles. The van der Waals surface area contributed by atoms with Crippen molar-refractivity contribution in [3.8, 4) is 5.75 Å². The Labute approximate surface area is 209 Å². The van der Waals surface area contributed by atoms with Crippen molar-refractivity contribution in [2.24, 2.45) is 5.41 Å². The number of rotatable bonds is 16. The van der Waals surface area contributed by atoms with Crippen LogP contribution in [-0.2, 0) is 32.3 Å². The molecule has 0 aliphatic rings. The number of ether oxygens (including phenoxy) is 3. The minimum atomic E-state index is -0.927. The van der Waals surface area contributed by atoms with Crippen LogP contribution in [0.25, 0.3) is 0 Å². The van der Waals surface area contributed by atoms with Crippen molar-refractivity contribution in [2.45, 2.75) is 84.9 Å². The van der Waals surface area contributed by atoms with Gasteiger partial charge in [0.1, 0.15) is 17.3 Å². The molecule has 2 rings (SSSR count). The number of benzene rings is 2. The van der Waals surface area contributed by atoms with E-state index in [2.05, 4.69) is 0 Å². The molecule has 0 saturated carbocycles. The number of methoxy groups -OCH3 is 1. The molecule has 6 nitrogen and oxygen atoms in total. The molecule has 6 heteroatoms. The molecule has 0 amide bonds. The number of Topliss-reactive ketones (excluding diaryl/α,β-unsaturated/α-hetero) is 2. The standard InChI is InChI=1S/C29H40O6/c1-6-29(3,4)28(32)18-25(31)16-24(30)17-27(21(2)34-19-22-10-8-7-9-11-22)35-20-23-12-14-26(33-5)15-13-23/h7-15,21,24,27,30H,6,16-20H2,1-5H3/t21-,24?,27?/m0/s1. The Hall–Kier alpha value is -2.54. The summed E-state index contributed by atoms with van der Waals surface area (Å²) < 4.78 is 17.4. The Morgan fingerprint density at radius 1 is 0.943 bits per heavy atom. The van der Waals surface area contributed by atoms with E-state index in [1.807, 2.05) is 82.3 Å². The minimum Gasteiger partial charge on any atom is -0.497 e. The van der Waals surface area contributed by atoms with Gasteiger partial charge in [-0.15, -0.1) is 0 Å². The first-order valence-electron chi connectivity index (χ1n) is 12.3. The minimum absolute atomic E-state index is 0.0840. The third-order valence-corrected chi connectivity index (χ3v) is 6.47. The van der Waals surface area contributed by atoms with Crippen molar-refractivity contribution in [3.63, 3.8) is 0 Å². The molecular weight excluding hydrogens is 444 g/mol. The summed E-state index contributed by atoms with van der Waals surface area (Å²) in [7, 11) is 1.62. The number of hydrogen-bond acceptors (Lipinski definition) is 6. The number of carbonyl (C=O) groups is 2. The second kappa shape index (κ2) is 14.1. The van der Waals surface area contributed by atoms with E-state index in [-0.39, 0.29) is 36.9 Å². The Morgan fingerprint density at radius 2 is 1.54 bits per heavy atom. The van der Waals surface area contributed by atoms with Crippen LogP contribution in [0.2, 0.25) is 0 Å². The molecule has 0 spiro atoms. The van der Waals surface area contributed by atoms with Gasteiger partial charge in [-0.1, -0.05) is 63.2 Å². The van der Waals surface area contributed by atoms with Crippen LogP contribution in [0.5, 0.6) is 5.75 Å². The number of hydrogen-bond donors (Lipinski definition) is 1. The summed E-state index contributed by atoms with van der Waals surface area (Å²) in [6.07, 6.45) is -1.04. The van der Waals surface area contributed by atoms with Crippen molar-refractivity contribution in [1.29, 1.82) is 0 Å². The van der Waals surface area contributed by atoms with Gasteiger partial charge in [0.15, 0.2) is 0 Å². The van der Waals surface area contributed by atoms with Crippen LogP contribution in [0.1, 0.15) is 64.5 Å². The van der Waals surface area contributed by atoms with E-state index in [4.69, 9.17) is 14.2 Å². The zero-order chi connectivity index (χ0) is 25.8. The van der Waals surface area contributed by atoms with Crippen molar-refractivity contribution in [2.75, 3.05) is 7.11 Å². The van der Waals surface area contributed by atoms with Crippen LogP contribution in [0, 0.1) is 5.41 Å². The number of aliphatic hydroxyl groups is 1. The molecule has 0 aromatic heterocycles. The molecule has 192 valence electrons. The lowest BCUT2D eigenvalue weighted by Gasteiger charge is -2.27. The smallest absolute Gasteiger partial charge is 0.145 e. The van der Waals surface area contributed by atoms with Crippen LogP contribution in [0.4, 0.5) is 0 Å². The summed E-state index contributed by atoms with van der Waals surface area (Å²) in [5, 5.41) is 10.7. The van der Waals surface area contributed by atoms with Crippen LogP contribution >= 0.6 is 0 Å². The molecule has 0 fully saturated rings. The first-order valence-corrected chi connectivity index (χ1v) is 12.3. The second-order valence-electron chi connectivity index (χ2n) is 9.67. The zero-order valence-electron chi connectivity index (χ0n) is 21.7. The maximum atomic E-state index is 12.5. The van der Waals surface area contributed by atoms with E-state index in [1.54, 1.807) is 7.11 Å². The highest BCUT2D eigenvalue weighted by molar-refractivity contribution is 6.01. The van der Waals surface area contributed by atoms with E-state index < -0.39 is 17.6 Å². The number of ketones is 2. The van der Waals surface area contributed by atoms with Crippen LogP contribution in [-0.4, -0.2) is 42.1 Å². The highest BCUT2D eigenvalue weighted by atomic mass is 16.5. The van der Waals surface area contributed by atoms with Gasteiger partial charge in [0, 0.05) is 18.3 Å². The summed E-state index contributed by atoms with van der Waals surface area (Å²) in [6, 6.07) is 17.4. The fourth-order valence-electron chi connectivity index (χ4n) is 3.53. The molecule has 3 atom stereocenters. The third-order valence-electron chi connectivity index (χ3n) is 6.47. The predicted molar refractivity (Wildman–Crippen MR) is 136 cm³/mol. The Bertz CT molecular complexity index is 907. The van der Waals surface area contributed by atoms with Crippen molar-refractivity contribution in [1.82, 2.24) is 0 Å². The van der Waals surface area contributed by atoms with Crippen molar-refractivity contribution in [3.05, 3.63) is 65.7 Å². The highest BCUT2D eigenvalue weighted by Gasteiger charge is 2.29. The molecule has 0 bridgehead atoms. The maximum absolute atomic E-state index is 12.5. The Balaban J connectivity index is 1.99. The lowest BCUT2D eigenvalue weighted by atomic mass is 9.82. The molecule has 0 radical (unpaired) electrons. The molecule has 35 heavy (non-hydrogen) atoms. The van der Waals surface area contributed by atoms with Gasteiger partial charge in [0.2, 0.25) is 0 Å². The first kappa shape index (κ1) is 28.7. The lowest BCUT2D eigenvalue weighted by Crippen LogP contribution is -2.34. The molecule has 0 aliphatic carbocycles. The molecule has 0 aliphatic heterocycles. The Kier molecular flexibility index (Phi) is 11.6. The van der Waals surface area contributed by atoms with Gasteiger partial charge in [0.05, 0.1) is 45.1 Å². The second-order valence-corrected chi connectivity index (χ2v) is 9.67. The normalized spacial score (nSPS) is 14.2. The average molecular weight is 485 g/mol. The van der Waals surface area contributed by atoms with Gasteiger partial charge >= 0.3 is 0 Å². The van der Waals surface area contributed by atoms with Gasteiger partial charge < -0.3 is 19.3 Å².